The van der Waals surface area contributed by atoms with E-state index in [1.54, 1.807) is 11.0 Å². The number of esters is 1. The van der Waals surface area contributed by atoms with Crippen LogP contribution in [0.3, 0.4) is 0 Å². The van der Waals surface area contributed by atoms with Crippen molar-refractivity contribution in [3.63, 3.8) is 0 Å². The second kappa shape index (κ2) is 6.74. The molecule has 24 heavy (non-hydrogen) atoms. The van der Waals surface area contributed by atoms with Crippen LogP contribution in [0.25, 0.3) is 0 Å². The first-order chi connectivity index (χ1) is 11.5. The van der Waals surface area contributed by atoms with E-state index in [0.29, 0.717) is 5.75 Å². The molecule has 124 valence electrons. The molecule has 0 spiro atoms. The fourth-order valence-electron chi connectivity index (χ4n) is 2.78. The third kappa shape index (κ3) is 3.56. The van der Waals surface area contributed by atoms with Crippen LogP contribution in [0.5, 0.6) is 5.75 Å². The molecule has 0 bridgehead atoms. The summed E-state index contributed by atoms with van der Waals surface area (Å²) in [5, 5.41) is 2.97. The molecular weight excluding hydrogens is 304 g/mol. The number of hydrogen-bond acceptors (Lipinski definition) is 4. The Morgan fingerprint density at radius 1 is 1.25 bits per heavy atom. The molecule has 1 unspecified atom stereocenters. The normalized spacial score (nSPS) is 14.6. The number of nitrogens with zero attached hydrogens (tertiary/aromatic N) is 1. The van der Waals surface area contributed by atoms with Crippen molar-refractivity contribution in [1.29, 1.82) is 0 Å². The van der Waals surface area contributed by atoms with Crippen molar-refractivity contribution in [2.45, 2.75) is 19.9 Å². The monoisotopic (exact) mass is 324 g/mol. The van der Waals surface area contributed by atoms with Crippen LogP contribution in [0.2, 0.25) is 0 Å². The van der Waals surface area contributed by atoms with Crippen molar-refractivity contribution in [2.24, 2.45) is 0 Å². The molecule has 3 rings (SSSR count). The minimum Gasteiger partial charge on any atom is -0.423 e. The van der Waals surface area contributed by atoms with E-state index in [0.717, 1.165) is 16.8 Å². The highest BCUT2D eigenvalue weighted by Crippen LogP contribution is 2.32. The number of benzene rings is 2. The number of nitrogens with one attached hydrogen (secondary N) is 1. The maximum atomic E-state index is 12.4. The van der Waals surface area contributed by atoms with Gasteiger partial charge in [0.25, 0.3) is 0 Å². The van der Waals surface area contributed by atoms with Gasteiger partial charge < -0.3 is 15.0 Å². The van der Waals surface area contributed by atoms with Gasteiger partial charge in [-0.05, 0) is 37.1 Å². The molecule has 2 aromatic carbocycles. The first kappa shape index (κ1) is 16.1. The zero-order chi connectivity index (χ0) is 17.1. The highest BCUT2D eigenvalue weighted by Gasteiger charge is 2.26. The number of ether oxygens (including phenoxy) is 1. The van der Waals surface area contributed by atoms with Crippen LogP contribution in [0, 0.1) is 6.92 Å². The van der Waals surface area contributed by atoms with E-state index >= 15 is 0 Å². The Morgan fingerprint density at radius 2 is 2.00 bits per heavy atom. The molecule has 5 nitrogen and oxygen atoms in total. The van der Waals surface area contributed by atoms with E-state index in [1.165, 1.54) is 0 Å². The summed E-state index contributed by atoms with van der Waals surface area (Å²) in [5.41, 5.74) is 2.87. The summed E-state index contributed by atoms with van der Waals surface area (Å²) in [7, 11) is 0. The van der Waals surface area contributed by atoms with Gasteiger partial charge in [0.05, 0.1) is 18.3 Å². The molecule has 1 aliphatic heterocycles. The average Bonchev–Trinajstić information content (AvgIpc) is 2.56. The van der Waals surface area contributed by atoms with Crippen LogP contribution in [0.1, 0.15) is 24.1 Å². The van der Waals surface area contributed by atoms with Gasteiger partial charge in [-0.1, -0.05) is 36.4 Å². The van der Waals surface area contributed by atoms with Gasteiger partial charge in [-0.15, -0.1) is 0 Å². The molecule has 5 heteroatoms. The summed E-state index contributed by atoms with van der Waals surface area (Å²) >= 11 is 0. The number of carbonyl (C=O) groups is 2. The summed E-state index contributed by atoms with van der Waals surface area (Å²) in [6, 6.07) is 15.3. The van der Waals surface area contributed by atoms with Crippen molar-refractivity contribution in [2.75, 3.05) is 18.0 Å². The predicted molar refractivity (Wildman–Crippen MR) is 92.0 cm³/mol. The van der Waals surface area contributed by atoms with Crippen LogP contribution in [-0.2, 0) is 9.59 Å². The summed E-state index contributed by atoms with van der Waals surface area (Å²) in [6.07, 6.45) is 0. The van der Waals surface area contributed by atoms with E-state index in [-0.39, 0.29) is 31.0 Å². The fourth-order valence-corrected chi connectivity index (χ4v) is 2.78. The van der Waals surface area contributed by atoms with Crippen LogP contribution in [0.4, 0.5) is 5.69 Å². The highest BCUT2D eigenvalue weighted by molar-refractivity contribution is 5.89. The molecule has 0 radical (unpaired) electrons. The average molecular weight is 324 g/mol. The first-order valence-corrected chi connectivity index (χ1v) is 7.93. The van der Waals surface area contributed by atoms with Gasteiger partial charge in [0.1, 0.15) is 6.54 Å². The van der Waals surface area contributed by atoms with E-state index in [9.17, 15) is 9.59 Å². The Hall–Kier alpha value is -2.82. The largest absolute Gasteiger partial charge is 0.423 e. The summed E-state index contributed by atoms with van der Waals surface area (Å²) in [6.45, 7) is 4.09. The van der Waals surface area contributed by atoms with Crippen LogP contribution in [-0.4, -0.2) is 25.0 Å². The number of carbonyl (C=O) groups excluding carboxylic acids is 2. The van der Waals surface area contributed by atoms with Gasteiger partial charge in [-0.3, -0.25) is 4.79 Å². The summed E-state index contributed by atoms with van der Waals surface area (Å²) < 4.78 is 5.24. The second-order valence-corrected chi connectivity index (χ2v) is 6.00. The van der Waals surface area contributed by atoms with Crippen molar-refractivity contribution in [3.05, 3.63) is 59.7 Å². The van der Waals surface area contributed by atoms with Crippen LogP contribution >= 0.6 is 0 Å². The summed E-state index contributed by atoms with van der Waals surface area (Å²) in [4.78, 5) is 25.9. The number of aryl methyl sites for hydroxylation is 1. The SMILES string of the molecule is Cc1ccc2c(c1)N(CC(=O)NC(C)c1ccccc1)CC(=O)O2. The summed E-state index contributed by atoms with van der Waals surface area (Å²) in [5.74, 6) is 0.0181. The minimum atomic E-state index is -0.352. The van der Waals surface area contributed by atoms with Gasteiger partial charge >= 0.3 is 5.97 Å². The maximum Gasteiger partial charge on any atom is 0.331 e. The zero-order valence-corrected chi connectivity index (χ0v) is 13.8. The minimum absolute atomic E-state index is 0.0730. The van der Waals surface area contributed by atoms with Gasteiger partial charge in [0.15, 0.2) is 5.75 Å². The van der Waals surface area contributed by atoms with Crippen molar-refractivity contribution >= 4 is 17.6 Å². The quantitative estimate of drug-likeness (QED) is 0.694. The van der Waals surface area contributed by atoms with Crippen LogP contribution in [0.15, 0.2) is 48.5 Å². The van der Waals surface area contributed by atoms with Gasteiger partial charge in [-0.2, -0.15) is 0 Å². The standard InChI is InChI=1S/C19H20N2O3/c1-13-8-9-17-16(10-13)21(12-19(23)24-17)11-18(22)20-14(2)15-6-4-3-5-7-15/h3-10,14H,11-12H2,1-2H3,(H,20,22). The number of hydrogen-bond donors (Lipinski definition) is 1. The number of amides is 1. The topological polar surface area (TPSA) is 58.6 Å². The Kier molecular flexibility index (Phi) is 4.51. The number of fused-ring (bicyclic) bond motifs is 1. The third-order valence-corrected chi connectivity index (χ3v) is 4.01. The van der Waals surface area contributed by atoms with E-state index in [1.807, 2.05) is 56.3 Å². The molecule has 1 atom stereocenters. The Balaban J connectivity index is 1.71. The van der Waals surface area contributed by atoms with Crippen molar-refractivity contribution in [3.8, 4) is 5.75 Å². The smallest absolute Gasteiger partial charge is 0.331 e. The Morgan fingerprint density at radius 3 is 2.75 bits per heavy atom. The lowest BCUT2D eigenvalue weighted by molar-refractivity contribution is -0.133. The predicted octanol–water partition coefficient (Wildman–Crippen LogP) is 2.60. The third-order valence-electron chi connectivity index (χ3n) is 4.01. The van der Waals surface area contributed by atoms with E-state index < -0.39 is 0 Å². The second-order valence-electron chi connectivity index (χ2n) is 6.00. The highest BCUT2D eigenvalue weighted by atomic mass is 16.5. The maximum absolute atomic E-state index is 12.4. The van der Waals surface area contributed by atoms with Crippen molar-refractivity contribution < 1.29 is 14.3 Å². The van der Waals surface area contributed by atoms with Crippen molar-refractivity contribution in [1.82, 2.24) is 5.32 Å². The zero-order valence-electron chi connectivity index (χ0n) is 13.8. The lowest BCUT2D eigenvalue weighted by atomic mass is 10.1. The molecule has 0 saturated heterocycles. The molecular formula is C19H20N2O3. The van der Waals surface area contributed by atoms with E-state index in [2.05, 4.69) is 5.32 Å². The van der Waals surface area contributed by atoms with Gasteiger partial charge in [-0.25, -0.2) is 4.79 Å². The molecule has 0 aromatic heterocycles. The van der Waals surface area contributed by atoms with E-state index in [4.69, 9.17) is 4.74 Å². The van der Waals surface area contributed by atoms with Crippen LogP contribution < -0.4 is 15.0 Å². The Bertz CT molecular complexity index is 758. The lowest BCUT2D eigenvalue weighted by Crippen LogP contribution is -2.43. The molecule has 1 N–H and O–H groups in total. The molecule has 0 saturated carbocycles. The molecule has 1 heterocycles. The molecule has 1 aliphatic rings. The molecule has 0 fully saturated rings. The lowest BCUT2D eigenvalue weighted by Gasteiger charge is -2.30. The van der Waals surface area contributed by atoms with Gasteiger partial charge in [0.2, 0.25) is 5.91 Å². The number of rotatable bonds is 4. The molecule has 0 aliphatic carbocycles. The number of anilines is 1. The molecule has 1 amide bonds. The first-order valence-electron chi connectivity index (χ1n) is 7.93. The fraction of sp³-hybridized carbons (Fsp3) is 0.263. The van der Waals surface area contributed by atoms with Gasteiger partial charge in [0, 0.05) is 0 Å². The molecule has 2 aromatic rings. The Labute approximate surface area is 141 Å².